The predicted octanol–water partition coefficient (Wildman–Crippen LogP) is 4.06. The lowest BCUT2D eigenvalue weighted by molar-refractivity contribution is -0.137. The molecule has 7 nitrogen and oxygen atoms in total. The van der Waals surface area contributed by atoms with Gasteiger partial charge in [-0.2, -0.15) is 5.10 Å². The number of amides is 2. The summed E-state index contributed by atoms with van der Waals surface area (Å²) in [5.41, 5.74) is 0.943. The Labute approximate surface area is 209 Å². The molecular weight excluding hydrogens is 457 g/mol. The number of halogens is 1. The average molecular weight is 486 g/mol. The largest absolute Gasteiger partial charge is 0.338 e. The summed E-state index contributed by atoms with van der Waals surface area (Å²) < 4.78 is 17.8. The molecule has 0 bridgehead atoms. The van der Waals surface area contributed by atoms with Gasteiger partial charge in [0.15, 0.2) is 5.82 Å². The lowest BCUT2D eigenvalue weighted by Gasteiger charge is -2.38. The molecule has 0 saturated carbocycles. The molecule has 2 aromatic carbocycles. The SMILES string of the molecule is CC(C)(C(=O)N1CCN(C(=O)c2cnn(-c3ccccc3F)c2-n2cccc2)CC1)c1ccccc1. The quantitative estimate of drug-likeness (QED) is 0.428. The normalized spacial score (nSPS) is 14.2. The number of carbonyl (C=O) groups excluding carboxylic acids is 2. The van der Waals surface area contributed by atoms with E-state index in [9.17, 15) is 14.0 Å². The number of aromatic nitrogens is 3. The van der Waals surface area contributed by atoms with Crippen molar-refractivity contribution >= 4 is 11.8 Å². The van der Waals surface area contributed by atoms with Crippen molar-refractivity contribution in [3.05, 3.63) is 102 Å². The Balaban J connectivity index is 1.37. The Kier molecular flexibility index (Phi) is 6.18. The molecule has 36 heavy (non-hydrogen) atoms. The third-order valence-corrected chi connectivity index (χ3v) is 6.79. The molecule has 2 aromatic heterocycles. The van der Waals surface area contributed by atoms with Gasteiger partial charge in [-0.05, 0) is 43.7 Å². The van der Waals surface area contributed by atoms with Crippen molar-refractivity contribution in [3.63, 3.8) is 0 Å². The van der Waals surface area contributed by atoms with Crippen LogP contribution < -0.4 is 0 Å². The molecule has 1 aliphatic heterocycles. The second-order valence-corrected chi connectivity index (χ2v) is 9.41. The topological polar surface area (TPSA) is 63.4 Å². The van der Waals surface area contributed by atoms with Gasteiger partial charge < -0.3 is 14.4 Å². The van der Waals surface area contributed by atoms with E-state index in [1.165, 1.54) is 16.9 Å². The minimum Gasteiger partial charge on any atom is -0.338 e. The maximum absolute atomic E-state index is 14.6. The summed E-state index contributed by atoms with van der Waals surface area (Å²) in [5, 5.41) is 4.37. The van der Waals surface area contributed by atoms with Gasteiger partial charge in [-0.3, -0.25) is 9.59 Å². The maximum Gasteiger partial charge on any atom is 0.259 e. The minimum absolute atomic E-state index is 0.0428. The highest BCUT2D eigenvalue weighted by molar-refractivity contribution is 5.97. The standard InChI is InChI=1S/C28H28FN5O2/c1-28(2,21-10-4-3-5-11-21)27(36)33-18-16-32(17-19-33)26(35)22-20-30-34(24-13-7-6-12-23(24)29)25(22)31-14-8-9-15-31/h3-15,20H,16-19H2,1-2H3. The number of para-hydroxylation sites is 1. The van der Waals surface area contributed by atoms with Crippen LogP contribution in [0.25, 0.3) is 11.5 Å². The van der Waals surface area contributed by atoms with Crippen molar-refractivity contribution in [2.75, 3.05) is 26.2 Å². The van der Waals surface area contributed by atoms with Gasteiger partial charge in [-0.25, -0.2) is 9.07 Å². The molecule has 1 saturated heterocycles. The highest BCUT2D eigenvalue weighted by Gasteiger charge is 2.36. The first-order valence-corrected chi connectivity index (χ1v) is 12.0. The fourth-order valence-corrected chi connectivity index (χ4v) is 4.67. The van der Waals surface area contributed by atoms with Crippen LogP contribution in [-0.2, 0) is 10.2 Å². The summed E-state index contributed by atoms with van der Waals surface area (Å²) in [7, 11) is 0. The van der Waals surface area contributed by atoms with Crippen LogP contribution in [0.1, 0.15) is 29.8 Å². The van der Waals surface area contributed by atoms with Crippen LogP contribution in [0.15, 0.2) is 85.3 Å². The summed E-state index contributed by atoms with van der Waals surface area (Å²) in [6, 6.07) is 19.8. The molecule has 0 N–H and O–H groups in total. The number of rotatable bonds is 5. The van der Waals surface area contributed by atoms with Gasteiger partial charge in [0, 0.05) is 38.6 Å². The maximum atomic E-state index is 14.6. The highest BCUT2D eigenvalue weighted by atomic mass is 19.1. The van der Waals surface area contributed by atoms with Crippen LogP contribution in [0, 0.1) is 5.82 Å². The first-order valence-electron chi connectivity index (χ1n) is 12.0. The number of nitrogens with zero attached hydrogens (tertiary/aromatic N) is 5. The van der Waals surface area contributed by atoms with Gasteiger partial charge in [0.2, 0.25) is 5.91 Å². The van der Waals surface area contributed by atoms with E-state index in [1.807, 2.05) is 61.2 Å². The molecule has 5 rings (SSSR count). The van der Waals surface area contributed by atoms with Gasteiger partial charge in [0.1, 0.15) is 17.1 Å². The van der Waals surface area contributed by atoms with Crippen molar-refractivity contribution < 1.29 is 14.0 Å². The predicted molar refractivity (Wildman–Crippen MR) is 135 cm³/mol. The van der Waals surface area contributed by atoms with Crippen LogP contribution in [-0.4, -0.2) is 62.1 Å². The Bertz CT molecular complexity index is 1370. The average Bonchev–Trinajstić information content (AvgIpc) is 3.59. The van der Waals surface area contributed by atoms with E-state index in [2.05, 4.69) is 5.10 Å². The number of benzene rings is 2. The molecule has 0 spiro atoms. The van der Waals surface area contributed by atoms with Crippen molar-refractivity contribution in [1.82, 2.24) is 24.1 Å². The van der Waals surface area contributed by atoms with E-state index in [0.717, 1.165) is 5.56 Å². The monoisotopic (exact) mass is 485 g/mol. The summed E-state index contributed by atoms with van der Waals surface area (Å²) in [6.07, 6.45) is 5.08. The molecule has 1 aliphatic rings. The van der Waals surface area contributed by atoms with E-state index in [1.54, 1.807) is 40.1 Å². The Morgan fingerprint density at radius 2 is 1.44 bits per heavy atom. The van der Waals surface area contributed by atoms with Crippen LogP contribution >= 0.6 is 0 Å². The van der Waals surface area contributed by atoms with E-state index in [4.69, 9.17) is 0 Å². The lowest BCUT2D eigenvalue weighted by atomic mass is 9.83. The molecule has 0 unspecified atom stereocenters. The van der Waals surface area contributed by atoms with Crippen LogP contribution in [0.2, 0.25) is 0 Å². The van der Waals surface area contributed by atoms with Gasteiger partial charge in [-0.15, -0.1) is 0 Å². The van der Waals surface area contributed by atoms with Gasteiger partial charge in [-0.1, -0.05) is 42.5 Å². The smallest absolute Gasteiger partial charge is 0.259 e. The summed E-state index contributed by atoms with van der Waals surface area (Å²) in [5.74, 6) is -0.114. The van der Waals surface area contributed by atoms with E-state index in [-0.39, 0.29) is 17.5 Å². The Morgan fingerprint density at radius 3 is 2.11 bits per heavy atom. The molecule has 2 amide bonds. The lowest BCUT2D eigenvalue weighted by Crippen LogP contribution is -2.54. The first-order chi connectivity index (χ1) is 17.4. The molecule has 8 heteroatoms. The summed E-state index contributed by atoms with van der Waals surface area (Å²) in [6.45, 7) is 5.57. The number of hydrogen-bond acceptors (Lipinski definition) is 3. The fraction of sp³-hybridized carbons (Fsp3) is 0.250. The van der Waals surface area contributed by atoms with Crippen molar-refractivity contribution in [2.24, 2.45) is 0 Å². The number of carbonyl (C=O) groups is 2. The molecule has 184 valence electrons. The van der Waals surface area contributed by atoms with Crippen molar-refractivity contribution in [3.8, 4) is 11.5 Å². The van der Waals surface area contributed by atoms with E-state index >= 15 is 0 Å². The third kappa shape index (κ3) is 4.19. The van der Waals surface area contributed by atoms with Crippen LogP contribution in [0.5, 0.6) is 0 Å². The number of piperazine rings is 1. The van der Waals surface area contributed by atoms with Gasteiger partial charge >= 0.3 is 0 Å². The molecular formula is C28H28FN5O2. The molecule has 1 fully saturated rings. The van der Waals surface area contributed by atoms with E-state index < -0.39 is 11.2 Å². The molecule has 0 radical (unpaired) electrons. The first kappa shape index (κ1) is 23.5. The molecule has 0 aliphatic carbocycles. The second-order valence-electron chi connectivity index (χ2n) is 9.41. The fourth-order valence-electron chi connectivity index (χ4n) is 4.67. The van der Waals surface area contributed by atoms with Gasteiger partial charge in [0.25, 0.3) is 5.91 Å². The van der Waals surface area contributed by atoms with Crippen molar-refractivity contribution in [2.45, 2.75) is 19.3 Å². The second kappa shape index (κ2) is 9.45. The zero-order chi connectivity index (χ0) is 25.3. The Morgan fingerprint density at radius 1 is 0.833 bits per heavy atom. The summed E-state index contributed by atoms with van der Waals surface area (Å²) in [4.78, 5) is 30.5. The third-order valence-electron chi connectivity index (χ3n) is 6.79. The van der Waals surface area contributed by atoms with Crippen LogP contribution in [0.3, 0.4) is 0 Å². The number of hydrogen-bond donors (Lipinski definition) is 0. The van der Waals surface area contributed by atoms with Crippen LogP contribution in [0.4, 0.5) is 4.39 Å². The molecule has 3 heterocycles. The summed E-state index contributed by atoms with van der Waals surface area (Å²) >= 11 is 0. The van der Waals surface area contributed by atoms with Crippen molar-refractivity contribution in [1.29, 1.82) is 0 Å². The van der Waals surface area contributed by atoms with Gasteiger partial charge in [0.05, 0.1) is 11.6 Å². The highest BCUT2D eigenvalue weighted by Crippen LogP contribution is 2.27. The zero-order valence-electron chi connectivity index (χ0n) is 20.3. The molecule has 4 aromatic rings. The van der Waals surface area contributed by atoms with E-state index in [0.29, 0.717) is 37.6 Å². The molecule has 0 atom stereocenters. The Hall–Kier alpha value is -4.20. The zero-order valence-corrected chi connectivity index (χ0v) is 20.3. The minimum atomic E-state index is -0.657.